The van der Waals surface area contributed by atoms with Crippen molar-refractivity contribution in [3.8, 4) is 11.6 Å². The molecule has 11 heteroatoms. The summed E-state index contributed by atoms with van der Waals surface area (Å²) in [6.45, 7) is 0. The number of sulfonamides is 1. The standard InChI is InChI=1S/C15H11F3N4O3S/c16-15(17,18)25-12-3-1-4-13(9-12)26(23,24)21-11-5-6-14(19-10-11)22-8-2-7-20-22/h1-10,21H. The lowest BCUT2D eigenvalue weighted by Gasteiger charge is -2.11. The van der Waals surface area contributed by atoms with Crippen molar-refractivity contribution >= 4 is 15.7 Å². The Labute approximate surface area is 146 Å². The van der Waals surface area contributed by atoms with Crippen LogP contribution < -0.4 is 9.46 Å². The number of ether oxygens (including phenoxy) is 1. The van der Waals surface area contributed by atoms with E-state index in [1.165, 1.54) is 23.0 Å². The van der Waals surface area contributed by atoms with Crippen LogP contribution in [0.5, 0.6) is 5.75 Å². The summed E-state index contributed by atoms with van der Waals surface area (Å²) in [6, 6.07) is 8.78. The summed E-state index contributed by atoms with van der Waals surface area (Å²) >= 11 is 0. The molecule has 3 aromatic rings. The second-order valence-electron chi connectivity index (χ2n) is 4.98. The SMILES string of the molecule is O=S(=O)(Nc1ccc(-n2cccn2)nc1)c1cccc(OC(F)(F)F)c1. The van der Waals surface area contributed by atoms with Gasteiger partial charge in [0.15, 0.2) is 5.82 Å². The Morgan fingerprint density at radius 2 is 1.92 bits per heavy atom. The average molecular weight is 384 g/mol. The van der Waals surface area contributed by atoms with Gasteiger partial charge in [-0.25, -0.2) is 18.1 Å². The maximum atomic E-state index is 12.3. The summed E-state index contributed by atoms with van der Waals surface area (Å²) in [7, 11) is -4.12. The fraction of sp³-hybridized carbons (Fsp3) is 0.0667. The number of nitrogens with one attached hydrogen (secondary N) is 1. The zero-order chi connectivity index (χ0) is 18.8. The number of alkyl halides is 3. The van der Waals surface area contributed by atoms with E-state index >= 15 is 0 Å². The Morgan fingerprint density at radius 1 is 1.12 bits per heavy atom. The number of anilines is 1. The van der Waals surface area contributed by atoms with Crippen LogP contribution in [0.2, 0.25) is 0 Å². The molecule has 0 fully saturated rings. The molecular weight excluding hydrogens is 373 g/mol. The Bertz CT molecular complexity index is 988. The van der Waals surface area contributed by atoms with Crippen LogP contribution in [0, 0.1) is 0 Å². The Hall–Kier alpha value is -3.08. The number of hydrogen-bond donors (Lipinski definition) is 1. The first-order valence-corrected chi connectivity index (χ1v) is 8.56. The summed E-state index contributed by atoms with van der Waals surface area (Å²) in [4.78, 5) is 3.69. The molecule has 1 N–H and O–H groups in total. The molecule has 0 radical (unpaired) electrons. The first-order valence-electron chi connectivity index (χ1n) is 7.08. The molecule has 0 unspecified atom stereocenters. The van der Waals surface area contributed by atoms with E-state index in [0.29, 0.717) is 5.82 Å². The third-order valence-electron chi connectivity index (χ3n) is 3.09. The van der Waals surface area contributed by atoms with E-state index in [4.69, 9.17) is 0 Å². The molecule has 2 aromatic heterocycles. The smallest absolute Gasteiger partial charge is 0.406 e. The zero-order valence-corrected chi connectivity index (χ0v) is 13.7. The molecule has 0 aliphatic carbocycles. The van der Waals surface area contributed by atoms with Crippen LogP contribution in [0.25, 0.3) is 5.82 Å². The van der Waals surface area contributed by atoms with E-state index < -0.39 is 22.1 Å². The summed E-state index contributed by atoms with van der Waals surface area (Å²) in [5, 5.41) is 3.99. The quantitative estimate of drug-likeness (QED) is 0.731. The van der Waals surface area contributed by atoms with Crippen LogP contribution in [0.15, 0.2) is 66.0 Å². The number of pyridine rings is 1. The van der Waals surface area contributed by atoms with Gasteiger partial charge in [0, 0.05) is 18.5 Å². The highest BCUT2D eigenvalue weighted by atomic mass is 32.2. The molecule has 0 saturated heterocycles. The van der Waals surface area contributed by atoms with E-state index in [9.17, 15) is 21.6 Å². The van der Waals surface area contributed by atoms with Crippen LogP contribution in [0.1, 0.15) is 0 Å². The van der Waals surface area contributed by atoms with Crippen molar-refractivity contribution in [2.75, 3.05) is 4.72 Å². The molecule has 0 aliphatic heterocycles. The summed E-state index contributed by atoms with van der Waals surface area (Å²) < 4.78 is 68.9. The lowest BCUT2D eigenvalue weighted by Crippen LogP contribution is -2.18. The molecule has 1 aromatic carbocycles. The molecule has 0 saturated carbocycles. The van der Waals surface area contributed by atoms with Crippen molar-refractivity contribution in [1.29, 1.82) is 0 Å². The number of benzene rings is 1. The topological polar surface area (TPSA) is 86.1 Å². The largest absolute Gasteiger partial charge is 0.573 e. The Kier molecular flexibility index (Phi) is 4.55. The number of hydrogen-bond acceptors (Lipinski definition) is 5. The Balaban J connectivity index is 1.79. The fourth-order valence-corrected chi connectivity index (χ4v) is 3.12. The van der Waals surface area contributed by atoms with Gasteiger partial charge in [-0.15, -0.1) is 13.2 Å². The minimum Gasteiger partial charge on any atom is -0.406 e. The van der Waals surface area contributed by atoms with Gasteiger partial charge in [0.2, 0.25) is 0 Å². The van der Waals surface area contributed by atoms with Gasteiger partial charge >= 0.3 is 6.36 Å². The van der Waals surface area contributed by atoms with Crippen LogP contribution in [0.4, 0.5) is 18.9 Å². The van der Waals surface area contributed by atoms with E-state index in [2.05, 4.69) is 19.5 Å². The lowest BCUT2D eigenvalue weighted by atomic mass is 10.3. The van der Waals surface area contributed by atoms with Crippen molar-refractivity contribution in [3.05, 3.63) is 61.1 Å². The maximum Gasteiger partial charge on any atom is 0.573 e. The van der Waals surface area contributed by atoms with Crippen LogP contribution in [0.3, 0.4) is 0 Å². The first-order chi connectivity index (χ1) is 12.2. The van der Waals surface area contributed by atoms with Gasteiger partial charge in [0.05, 0.1) is 16.8 Å². The lowest BCUT2D eigenvalue weighted by molar-refractivity contribution is -0.274. The van der Waals surface area contributed by atoms with Gasteiger partial charge in [-0.3, -0.25) is 4.72 Å². The predicted octanol–water partition coefficient (Wildman–Crippen LogP) is 2.97. The molecule has 3 rings (SSSR count). The van der Waals surface area contributed by atoms with Gasteiger partial charge < -0.3 is 4.74 Å². The molecule has 26 heavy (non-hydrogen) atoms. The summed E-state index contributed by atoms with van der Waals surface area (Å²) in [5.41, 5.74) is 0.142. The highest BCUT2D eigenvalue weighted by Crippen LogP contribution is 2.25. The third-order valence-corrected chi connectivity index (χ3v) is 4.47. The van der Waals surface area contributed by atoms with E-state index in [1.54, 1.807) is 18.5 Å². The Morgan fingerprint density at radius 3 is 2.54 bits per heavy atom. The highest BCUT2D eigenvalue weighted by molar-refractivity contribution is 7.92. The minimum atomic E-state index is -4.91. The van der Waals surface area contributed by atoms with Gasteiger partial charge in [-0.2, -0.15) is 5.10 Å². The zero-order valence-electron chi connectivity index (χ0n) is 12.9. The minimum absolute atomic E-state index is 0.142. The van der Waals surface area contributed by atoms with Gasteiger partial charge in [0.1, 0.15) is 5.75 Å². The van der Waals surface area contributed by atoms with E-state index in [0.717, 1.165) is 24.3 Å². The third kappa shape index (κ3) is 4.30. The van der Waals surface area contributed by atoms with Gasteiger partial charge in [0.25, 0.3) is 10.0 Å². The van der Waals surface area contributed by atoms with Crippen LogP contribution >= 0.6 is 0 Å². The molecule has 7 nitrogen and oxygen atoms in total. The van der Waals surface area contributed by atoms with Crippen molar-refractivity contribution in [3.63, 3.8) is 0 Å². The number of nitrogens with zero attached hydrogens (tertiary/aromatic N) is 3. The first kappa shape index (κ1) is 17.7. The van der Waals surface area contributed by atoms with Crippen molar-refractivity contribution < 1.29 is 26.3 Å². The summed E-state index contributed by atoms with van der Waals surface area (Å²) in [5.74, 6) is -0.161. The van der Waals surface area contributed by atoms with Crippen molar-refractivity contribution in [2.24, 2.45) is 0 Å². The molecule has 0 bridgehead atoms. The van der Waals surface area contributed by atoms with Crippen LogP contribution in [-0.4, -0.2) is 29.5 Å². The number of halogens is 3. The van der Waals surface area contributed by atoms with E-state index in [-0.39, 0.29) is 10.6 Å². The monoisotopic (exact) mass is 384 g/mol. The van der Waals surface area contributed by atoms with E-state index in [1.807, 2.05) is 0 Å². The molecule has 0 spiro atoms. The van der Waals surface area contributed by atoms with Crippen molar-refractivity contribution in [1.82, 2.24) is 14.8 Å². The predicted molar refractivity (Wildman–Crippen MR) is 85.3 cm³/mol. The van der Waals surface area contributed by atoms with Crippen molar-refractivity contribution in [2.45, 2.75) is 11.3 Å². The molecule has 2 heterocycles. The average Bonchev–Trinajstić information content (AvgIpc) is 3.08. The normalized spacial score (nSPS) is 12.0. The highest BCUT2D eigenvalue weighted by Gasteiger charge is 2.31. The number of rotatable bonds is 5. The molecule has 0 aliphatic rings. The molecular formula is C15H11F3N4O3S. The fourth-order valence-electron chi connectivity index (χ4n) is 2.04. The van der Waals surface area contributed by atoms with Gasteiger partial charge in [-0.05, 0) is 30.3 Å². The molecule has 136 valence electrons. The second kappa shape index (κ2) is 6.67. The maximum absolute atomic E-state index is 12.3. The number of aromatic nitrogens is 3. The molecule has 0 amide bonds. The van der Waals surface area contributed by atoms with Crippen LogP contribution in [-0.2, 0) is 10.0 Å². The second-order valence-corrected chi connectivity index (χ2v) is 6.67. The molecule has 0 atom stereocenters. The van der Waals surface area contributed by atoms with Gasteiger partial charge in [-0.1, -0.05) is 6.07 Å². The summed E-state index contributed by atoms with van der Waals surface area (Å²) in [6.07, 6.45) is -0.417.